The van der Waals surface area contributed by atoms with Crippen molar-refractivity contribution in [2.24, 2.45) is 5.92 Å². The Kier molecular flexibility index (Phi) is 6.42. The number of hydrogen-bond acceptors (Lipinski definition) is 4. The molecule has 1 aromatic carbocycles. The van der Waals surface area contributed by atoms with Crippen LogP contribution in [-0.4, -0.2) is 48.4 Å². The molecular formula is C18H23ClN2O4. The van der Waals surface area contributed by atoms with Gasteiger partial charge in [-0.1, -0.05) is 25.4 Å². The van der Waals surface area contributed by atoms with Crippen LogP contribution in [-0.2, 0) is 14.3 Å². The molecule has 1 aliphatic heterocycles. The minimum absolute atomic E-state index is 0.123. The van der Waals surface area contributed by atoms with Crippen LogP contribution in [0.3, 0.4) is 0 Å². The first kappa shape index (κ1) is 19.2. The van der Waals surface area contributed by atoms with E-state index in [0.717, 1.165) is 6.42 Å². The Hall–Kier alpha value is -2.08. The summed E-state index contributed by atoms with van der Waals surface area (Å²) in [4.78, 5) is 38.8. The van der Waals surface area contributed by atoms with E-state index in [2.05, 4.69) is 5.32 Å². The molecule has 7 heteroatoms. The molecule has 2 atom stereocenters. The van der Waals surface area contributed by atoms with Gasteiger partial charge in [0, 0.05) is 17.1 Å². The fourth-order valence-corrected chi connectivity index (χ4v) is 3.06. The third-order valence-electron chi connectivity index (χ3n) is 4.33. The molecule has 136 valence electrons. The van der Waals surface area contributed by atoms with Gasteiger partial charge in [-0.2, -0.15) is 0 Å². The standard InChI is InChI=1S/C18H23ClN2O4/c1-11(2)15(20-16(22)12-6-8-13(19)9-7-12)17(23)21-10-4-5-14(21)18(24)25-3/h6-9,11,14-15H,4-5,10H2,1-3H3,(H,20,22)/t14-,15?/m0/s1. The van der Waals surface area contributed by atoms with E-state index >= 15 is 0 Å². The molecule has 1 fully saturated rings. The first-order chi connectivity index (χ1) is 11.8. The number of carbonyl (C=O) groups is 3. The molecule has 0 spiro atoms. The highest BCUT2D eigenvalue weighted by molar-refractivity contribution is 6.30. The van der Waals surface area contributed by atoms with Crippen molar-refractivity contribution in [3.8, 4) is 0 Å². The summed E-state index contributed by atoms with van der Waals surface area (Å²) in [6, 6.07) is 5.16. The van der Waals surface area contributed by atoms with Gasteiger partial charge in [-0.25, -0.2) is 4.79 Å². The zero-order valence-electron chi connectivity index (χ0n) is 14.6. The Morgan fingerprint density at radius 2 is 1.88 bits per heavy atom. The first-order valence-electron chi connectivity index (χ1n) is 8.30. The number of methoxy groups -OCH3 is 1. The van der Waals surface area contributed by atoms with Gasteiger partial charge in [0.05, 0.1) is 7.11 Å². The summed E-state index contributed by atoms with van der Waals surface area (Å²) in [6.07, 6.45) is 1.32. The molecule has 1 aliphatic rings. The molecule has 2 rings (SSSR count). The number of hydrogen-bond donors (Lipinski definition) is 1. The van der Waals surface area contributed by atoms with Crippen molar-refractivity contribution in [1.82, 2.24) is 10.2 Å². The van der Waals surface area contributed by atoms with Gasteiger partial charge in [0.15, 0.2) is 0 Å². The van der Waals surface area contributed by atoms with Crippen LogP contribution >= 0.6 is 11.6 Å². The van der Waals surface area contributed by atoms with Crippen molar-refractivity contribution in [3.05, 3.63) is 34.9 Å². The molecule has 0 aliphatic carbocycles. The normalized spacial score (nSPS) is 18.1. The Morgan fingerprint density at radius 3 is 2.44 bits per heavy atom. The molecule has 6 nitrogen and oxygen atoms in total. The number of nitrogens with zero attached hydrogens (tertiary/aromatic N) is 1. The maximum atomic E-state index is 12.9. The number of carbonyl (C=O) groups excluding carboxylic acids is 3. The number of nitrogens with one attached hydrogen (secondary N) is 1. The lowest BCUT2D eigenvalue weighted by molar-refractivity contribution is -0.151. The quantitative estimate of drug-likeness (QED) is 0.811. The van der Waals surface area contributed by atoms with E-state index in [0.29, 0.717) is 23.6 Å². The number of likely N-dealkylation sites (tertiary alicyclic amines) is 1. The second-order valence-electron chi connectivity index (χ2n) is 6.41. The zero-order chi connectivity index (χ0) is 18.6. The number of ether oxygens (including phenoxy) is 1. The van der Waals surface area contributed by atoms with Crippen LogP contribution < -0.4 is 5.32 Å². The number of amides is 2. The fourth-order valence-electron chi connectivity index (χ4n) is 2.93. The monoisotopic (exact) mass is 366 g/mol. The topological polar surface area (TPSA) is 75.7 Å². The number of rotatable bonds is 5. The minimum atomic E-state index is -0.714. The summed E-state index contributed by atoms with van der Waals surface area (Å²) < 4.78 is 4.78. The predicted molar refractivity (Wildman–Crippen MR) is 94.3 cm³/mol. The third kappa shape index (κ3) is 4.51. The second-order valence-corrected chi connectivity index (χ2v) is 6.85. The van der Waals surface area contributed by atoms with E-state index < -0.39 is 18.1 Å². The lowest BCUT2D eigenvalue weighted by Crippen LogP contribution is -2.53. The van der Waals surface area contributed by atoms with Crippen molar-refractivity contribution in [3.63, 3.8) is 0 Å². The molecule has 1 aromatic rings. The molecule has 2 amide bonds. The van der Waals surface area contributed by atoms with E-state index in [4.69, 9.17) is 16.3 Å². The predicted octanol–water partition coefficient (Wildman–Crippen LogP) is 2.26. The molecule has 1 saturated heterocycles. The van der Waals surface area contributed by atoms with E-state index in [-0.39, 0.29) is 17.7 Å². The van der Waals surface area contributed by atoms with Crippen molar-refractivity contribution in [2.45, 2.75) is 38.8 Å². The van der Waals surface area contributed by atoms with E-state index in [1.165, 1.54) is 12.0 Å². The largest absolute Gasteiger partial charge is 0.467 e. The Bertz CT molecular complexity index is 645. The maximum Gasteiger partial charge on any atom is 0.328 e. The summed E-state index contributed by atoms with van der Waals surface area (Å²) in [5.41, 5.74) is 0.425. The number of halogens is 1. The second kappa shape index (κ2) is 8.34. The summed E-state index contributed by atoms with van der Waals surface area (Å²) >= 11 is 5.83. The zero-order valence-corrected chi connectivity index (χ0v) is 15.4. The van der Waals surface area contributed by atoms with Crippen molar-refractivity contribution >= 4 is 29.4 Å². The van der Waals surface area contributed by atoms with Gasteiger partial charge >= 0.3 is 5.97 Å². The van der Waals surface area contributed by atoms with Gasteiger partial charge in [0.25, 0.3) is 5.91 Å². The summed E-state index contributed by atoms with van der Waals surface area (Å²) in [6.45, 7) is 4.19. The van der Waals surface area contributed by atoms with Crippen LogP contribution in [0.4, 0.5) is 0 Å². The molecule has 0 bridgehead atoms. The molecule has 0 aromatic heterocycles. The lowest BCUT2D eigenvalue weighted by atomic mass is 10.0. The Morgan fingerprint density at radius 1 is 1.24 bits per heavy atom. The van der Waals surface area contributed by atoms with Crippen LogP contribution in [0.15, 0.2) is 24.3 Å². The smallest absolute Gasteiger partial charge is 0.328 e. The van der Waals surface area contributed by atoms with E-state index in [1.807, 2.05) is 13.8 Å². The summed E-state index contributed by atoms with van der Waals surface area (Å²) in [7, 11) is 1.31. The molecule has 0 saturated carbocycles. The van der Waals surface area contributed by atoms with Crippen LogP contribution in [0.5, 0.6) is 0 Å². The summed E-state index contributed by atoms with van der Waals surface area (Å²) in [5, 5.41) is 3.31. The minimum Gasteiger partial charge on any atom is -0.467 e. The van der Waals surface area contributed by atoms with Crippen LogP contribution in [0, 0.1) is 5.92 Å². The summed E-state index contributed by atoms with van der Waals surface area (Å²) in [5.74, 6) is -1.15. The van der Waals surface area contributed by atoms with Crippen LogP contribution in [0.25, 0.3) is 0 Å². The van der Waals surface area contributed by atoms with Gasteiger partial charge in [0.2, 0.25) is 5.91 Å². The first-order valence-corrected chi connectivity index (χ1v) is 8.67. The average molecular weight is 367 g/mol. The highest BCUT2D eigenvalue weighted by atomic mass is 35.5. The lowest BCUT2D eigenvalue weighted by Gasteiger charge is -2.29. The Balaban J connectivity index is 2.14. The molecule has 1 heterocycles. The molecule has 1 N–H and O–H groups in total. The fraction of sp³-hybridized carbons (Fsp3) is 0.500. The van der Waals surface area contributed by atoms with Gasteiger partial charge in [-0.3, -0.25) is 9.59 Å². The van der Waals surface area contributed by atoms with Crippen molar-refractivity contribution in [2.75, 3.05) is 13.7 Å². The molecular weight excluding hydrogens is 344 g/mol. The van der Waals surface area contributed by atoms with Gasteiger partial charge in [0.1, 0.15) is 12.1 Å². The van der Waals surface area contributed by atoms with Crippen molar-refractivity contribution < 1.29 is 19.1 Å². The van der Waals surface area contributed by atoms with E-state index in [1.54, 1.807) is 24.3 Å². The van der Waals surface area contributed by atoms with Crippen LogP contribution in [0.2, 0.25) is 5.02 Å². The Labute approximate surface area is 152 Å². The number of esters is 1. The highest BCUT2D eigenvalue weighted by Crippen LogP contribution is 2.21. The molecule has 25 heavy (non-hydrogen) atoms. The van der Waals surface area contributed by atoms with Crippen LogP contribution in [0.1, 0.15) is 37.0 Å². The average Bonchev–Trinajstić information content (AvgIpc) is 3.08. The number of benzene rings is 1. The SMILES string of the molecule is COC(=O)[C@@H]1CCCN1C(=O)C(NC(=O)c1ccc(Cl)cc1)C(C)C. The molecule has 1 unspecified atom stereocenters. The van der Waals surface area contributed by atoms with Gasteiger partial charge in [-0.05, 0) is 43.0 Å². The highest BCUT2D eigenvalue weighted by Gasteiger charge is 2.39. The van der Waals surface area contributed by atoms with Gasteiger partial charge < -0.3 is 15.0 Å². The molecule has 0 radical (unpaired) electrons. The third-order valence-corrected chi connectivity index (χ3v) is 4.59. The van der Waals surface area contributed by atoms with E-state index in [9.17, 15) is 14.4 Å². The van der Waals surface area contributed by atoms with Crippen molar-refractivity contribution in [1.29, 1.82) is 0 Å². The maximum absolute atomic E-state index is 12.9. The van der Waals surface area contributed by atoms with Gasteiger partial charge in [-0.15, -0.1) is 0 Å².